The number of hydrogen-bond acceptors (Lipinski definition) is 1. The lowest BCUT2D eigenvalue weighted by Crippen LogP contribution is -2.09. The molecular weight excluding hydrogens is 172 g/mol. The molecule has 0 aromatic heterocycles. The molecule has 0 aliphatic heterocycles. The van der Waals surface area contributed by atoms with Crippen LogP contribution in [0, 0.1) is 0 Å². The smallest absolute Gasteiger partial charge is 0.0614 e. The molecule has 0 bridgehead atoms. The van der Waals surface area contributed by atoms with Gasteiger partial charge in [0.25, 0.3) is 0 Å². The Labute approximate surface area is 80.4 Å². The van der Waals surface area contributed by atoms with E-state index in [9.17, 15) is 0 Å². The second-order valence-electron chi connectivity index (χ2n) is 3.81. The number of hydrogen-bond donors (Lipinski definition) is 1. The van der Waals surface area contributed by atoms with Gasteiger partial charge in [0.15, 0.2) is 0 Å². The molecule has 0 radical (unpaired) electrons. The van der Waals surface area contributed by atoms with Crippen LogP contribution in [0.4, 0.5) is 0 Å². The third-order valence-electron chi connectivity index (χ3n) is 1.78. The molecule has 0 atom stereocenters. The van der Waals surface area contributed by atoms with Gasteiger partial charge in [0.1, 0.15) is 0 Å². The lowest BCUT2D eigenvalue weighted by Gasteiger charge is -2.14. The molecule has 0 heterocycles. The summed E-state index contributed by atoms with van der Waals surface area (Å²) in [6.45, 7) is 6.24. The highest BCUT2D eigenvalue weighted by atomic mass is 35.5. The maximum atomic E-state index is 8.59. The van der Waals surface area contributed by atoms with Gasteiger partial charge in [-0.05, 0) is 40.0 Å². The van der Waals surface area contributed by atoms with Crippen LogP contribution in [0.15, 0.2) is 11.6 Å². The van der Waals surface area contributed by atoms with E-state index in [2.05, 4.69) is 0 Å². The molecule has 72 valence electrons. The van der Waals surface area contributed by atoms with Crippen molar-refractivity contribution in [3.8, 4) is 0 Å². The molecule has 0 unspecified atom stereocenters. The standard InChI is InChI=1S/C10H19ClO/c1-9(6-8-12)5-4-7-10(2,3)11/h6,12H,4-5,7-8H2,1-3H3/b9-6+. The molecule has 1 nitrogen and oxygen atoms in total. The summed E-state index contributed by atoms with van der Waals surface area (Å²) in [5, 5.41) is 8.59. The zero-order chi connectivity index (χ0) is 9.61. The van der Waals surface area contributed by atoms with Crippen molar-refractivity contribution in [1.82, 2.24) is 0 Å². The van der Waals surface area contributed by atoms with Gasteiger partial charge in [-0.2, -0.15) is 0 Å². The van der Waals surface area contributed by atoms with E-state index in [0.717, 1.165) is 19.3 Å². The minimum atomic E-state index is -0.0838. The molecule has 12 heavy (non-hydrogen) atoms. The molecule has 0 aromatic carbocycles. The van der Waals surface area contributed by atoms with Crippen molar-refractivity contribution in [3.05, 3.63) is 11.6 Å². The molecule has 0 rings (SSSR count). The average Bonchev–Trinajstić information content (AvgIpc) is 1.84. The predicted octanol–water partition coefficient (Wildman–Crippen LogP) is 3.11. The largest absolute Gasteiger partial charge is 0.392 e. The van der Waals surface area contributed by atoms with Crippen LogP contribution in [0.5, 0.6) is 0 Å². The maximum Gasteiger partial charge on any atom is 0.0614 e. The molecule has 0 aromatic rings. The van der Waals surface area contributed by atoms with E-state index in [1.807, 2.05) is 26.8 Å². The highest BCUT2D eigenvalue weighted by Crippen LogP contribution is 2.21. The van der Waals surface area contributed by atoms with Crippen LogP contribution in [0.3, 0.4) is 0 Å². The summed E-state index contributed by atoms with van der Waals surface area (Å²) in [6.07, 6.45) is 5.00. The van der Waals surface area contributed by atoms with Crippen LogP contribution < -0.4 is 0 Å². The van der Waals surface area contributed by atoms with Gasteiger partial charge in [-0.15, -0.1) is 11.6 Å². The minimum Gasteiger partial charge on any atom is -0.392 e. The normalized spacial score (nSPS) is 13.6. The molecule has 0 saturated carbocycles. The first-order valence-corrected chi connectivity index (χ1v) is 4.79. The number of aliphatic hydroxyl groups is 1. The summed E-state index contributed by atoms with van der Waals surface area (Å²) in [5.74, 6) is 0. The summed E-state index contributed by atoms with van der Waals surface area (Å²) < 4.78 is 0. The summed E-state index contributed by atoms with van der Waals surface area (Å²) in [5.41, 5.74) is 1.25. The Kier molecular flexibility index (Phi) is 5.60. The quantitative estimate of drug-likeness (QED) is 0.522. The second-order valence-corrected chi connectivity index (χ2v) is 4.83. The summed E-state index contributed by atoms with van der Waals surface area (Å²) in [7, 11) is 0. The number of allylic oxidation sites excluding steroid dienone is 1. The molecule has 0 spiro atoms. The molecule has 0 amide bonds. The topological polar surface area (TPSA) is 20.2 Å². The molecule has 2 heteroatoms. The molecule has 0 aliphatic rings. The van der Waals surface area contributed by atoms with Crippen molar-refractivity contribution >= 4 is 11.6 Å². The lowest BCUT2D eigenvalue weighted by molar-refractivity contribution is 0.341. The molecule has 0 saturated heterocycles. The summed E-state index contributed by atoms with van der Waals surface area (Å²) in [4.78, 5) is -0.0838. The van der Waals surface area contributed by atoms with Gasteiger partial charge in [0.2, 0.25) is 0 Å². The van der Waals surface area contributed by atoms with E-state index >= 15 is 0 Å². The van der Waals surface area contributed by atoms with Crippen LogP contribution in [0.2, 0.25) is 0 Å². The van der Waals surface area contributed by atoms with Gasteiger partial charge in [-0.25, -0.2) is 0 Å². The van der Waals surface area contributed by atoms with E-state index < -0.39 is 0 Å². The number of aliphatic hydroxyl groups excluding tert-OH is 1. The van der Waals surface area contributed by atoms with E-state index in [4.69, 9.17) is 16.7 Å². The highest BCUT2D eigenvalue weighted by molar-refractivity contribution is 6.23. The first-order chi connectivity index (χ1) is 5.45. The Morgan fingerprint density at radius 1 is 1.50 bits per heavy atom. The molecule has 0 aliphatic carbocycles. The van der Waals surface area contributed by atoms with Crippen LogP contribution in [-0.2, 0) is 0 Å². The number of rotatable bonds is 5. The van der Waals surface area contributed by atoms with Gasteiger partial charge in [0.05, 0.1) is 6.61 Å². The maximum absolute atomic E-state index is 8.59. The van der Waals surface area contributed by atoms with Gasteiger partial charge in [-0.3, -0.25) is 0 Å². The first-order valence-electron chi connectivity index (χ1n) is 4.41. The van der Waals surface area contributed by atoms with Gasteiger partial charge in [0, 0.05) is 4.87 Å². The fraction of sp³-hybridized carbons (Fsp3) is 0.800. The van der Waals surface area contributed by atoms with Crippen LogP contribution in [-0.4, -0.2) is 16.6 Å². The highest BCUT2D eigenvalue weighted by Gasteiger charge is 2.11. The van der Waals surface area contributed by atoms with Gasteiger partial charge >= 0.3 is 0 Å². The van der Waals surface area contributed by atoms with Crippen molar-refractivity contribution in [2.45, 2.75) is 44.9 Å². The van der Waals surface area contributed by atoms with Crippen LogP contribution >= 0.6 is 11.6 Å². The Morgan fingerprint density at radius 3 is 2.50 bits per heavy atom. The minimum absolute atomic E-state index is 0.0838. The summed E-state index contributed by atoms with van der Waals surface area (Å²) >= 11 is 6.02. The fourth-order valence-corrected chi connectivity index (χ4v) is 1.18. The van der Waals surface area contributed by atoms with Crippen LogP contribution in [0.25, 0.3) is 0 Å². The fourth-order valence-electron chi connectivity index (χ4n) is 1.05. The average molecular weight is 191 g/mol. The number of alkyl halides is 1. The van der Waals surface area contributed by atoms with E-state index in [-0.39, 0.29) is 11.5 Å². The van der Waals surface area contributed by atoms with E-state index in [1.54, 1.807) is 0 Å². The third-order valence-corrected chi connectivity index (χ3v) is 1.97. The van der Waals surface area contributed by atoms with Gasteiger partial charge in [-0.1, -0.05) is 11.6 Å². The Hall–Kier alpha value is -0.0100. The SMILES string of the molecule is C/C(=C\CO)CCCC(C)(C)Cl. The third kappa shape index (κ3) is 8.09. The lowest BCUT2D eigenvalue weighted by atomic mass is 10.0. The molecule has 1 N–H and O–H groups in total. The number of halogens is 1. The second kappa shape index (κ2) is 5.60. The van der Waals surface area contributed by atoms with E-state index in [0.29, 0.717) is 0 Å². The Balaban J connectivity index is 3.50. The zero-order valence-corrected chi connectivity index (χ0v) is 8.99. The monoisotopic (exact) mass is 190 g/mol. The predicted molar refractivity (Wildman–Crippen MR) is 54.6 cm³/mol. The summed E-state index contributed by atoms with van der Waals surface area (Å²) in [6, 6.07) is 0. The molecule has 0 fully saturated rings. The van der Waals surface area contributed by atoms with E-state index in [1.165, 1.54) is 5.57 Å². The van der Waals surface area contributed by atoms with Crippen molar-refractivity contribution < 1.29 is 5.11 Å². The van der Waals surface area contributed by atoms with Crippen molar-refractivity contribution in [2.75, 3.05) is 6.61 Å². The van der Waals surface area contributed by atoms with Gasteiger partial charge < -0.3 is 5.11 Å². The van der Waals surface area contributed by atoms with Crippen molar-refractivity contribution in [2.24, 2.45) is 0 Å². The Bertz CT molecular complexity index is 144. The van der Waals surface area contributed by atoms with Crippen molar-refractivity contribution in [1.29, 1.82) is 0 Å². The molecular formula is C10H19ClO. The first kappa shape index (κ1) is 12.0. The Morgan fingerprint density at radius 2 is 2.08 bits per heavy atom. The van der Waals surface area contributed by atoms with Crippen molar-refractivity contribution in [3.63, 3.8) is 0 Å². The zero-order valence-electron chi connectivity index (χ0n) is 8.23. The van der Waals surface area contributed by atoms with Crippen LogP contribution in [0.1, 0.15) is 40.0 Å².